The molecule has 1 aromatic carbocycles. The summed E-state index contributed by atoms with van der Waals surface area (Å²) >= 11 is 13.1. The number of imidazole rings is 1. The number of rotatable bonds is 10. The Morgan fingerprint density at radius 2 is 1.58 bits per heavy atom. The molecule has 3 N–H and O–H groups in total. The summed E-state index contributed by atoms with van der Waals surface area (Å²) in [5.74, 6) is -8.12. The first-order valence-corrected chi connectivity index (χ1v) is 16.4. The third kappa shape index (κ3) is 9.09. The van der Waals surface area contributed by atoms with Crippen molar-refractivity contribution in [2.24, 2.45) is 24.3 Å². The van der Waals surface area contributed by atoms with Crippen molar-refractivity contribution in [2.75, 3.05) is 11.9 Å². The number of aryl methyl sites for hydroxylation is 2. The van der Waals surface area contributed by atoms with Gasteiger partial charge in [-0.2, -0.15) is 35.1 Å². The molecule has 2 amide bonds. The number of hydrogen-bond acceptors (Lipinski definition) is 5. The number of benzene rings is 1. The predicted molar refractivity (Wildman–Crippen MR) is 173 cm³/mol. The zero-order valence-electron chi connectivity index (χ0n) is 27.5. The molecule has 1 fully saturated rings. The number of amides is 2. The van der Waals surface area contributed by atoms with E-state index in [9.17, 15) is 44.7 Å². The molecule has 0 spiro atoms. The molecular weight excluding hydrogens is 723 g/mol. The smallest absolute Gasteiger partial charge is 0.352 e. The maximum absolute atomic E-state index is 13.7. The van der Waals surface area contributed by atoms with Gasteiger partial charge in [-0.1, -0.05) is 50.0 Å². The number of halogens is 10. The molecular formula is C32H36Cl2F8N6O2. The highest BCUT2D eigenvalue weighted by Gasteiger charge is 2.57. The summed E-state index contributed by atoms with van der Waals surface area (Å²) in [6.45, 7) is 3.31. The number of carbonyl (C=O) groups is 2. The van der Waals surface area contributed by atoms with Crippen molar-refractivity contribution >= 4 is 57.8 Å². The minimum absolute atomic E-state index is 0.0314. The van der Waals surface area contributed by atoms with E-state index < -0.39 is 42.1 Å². The van der Waals surface area contributed by atoms with Crippen LogP contribution in [-0.2, 0) is 24.8 Å². The number of aromatic nitrogens is 3. The van der Waals surface area contributed by atoms with E-state index in [1.54, 1.807) is 45.3 Å². The Hall–Kier alpha value is -3.40. The summed E-state index contributed by atoms with van der Waals surface area (Å²) in [6.07, 6.45) is -9.46. The molecule has 0 atom stereocenters. The van der Waals surface area contributed by atoms with Crippen LogP contribution in [0.15, 0.2) is 18.2 Å². The fourth-order valence-corrected chi connectivity index (χ4v) is 6.08. The lowest BCUT2D eigenvalue weighted by Gasteiger charge is -2.29. The summed E-state index contributed by atoms with van der Waals surface area (Å²) in [4.78, 5) is 34.4. The van der Waals surface area contributed by atoms with Gasteiger partial charge in [0.15, 0.2) is 5.65 Å². The van der Waals surface area contributed by atoms with Gasteiger partial charge >= 0.3 is 18.3 Å². The Morgan fingerprint density at radius 3 is 2.16 bits per heavy atom. The van der Waals surface area contributed by atoms with Crippen LogP contribution in [0.1, 0.15) is 74.5 Å². The van der Waals surface area contributed by atoms with Crippen molar-refractivity contribution < 1.29 is 44.7 Å². The first-order chi connectivity index (χ1) is 23.0. The third-order valence-corrected chi connectivity index (χ3v) is 9.43. The maximum atomic E-state index is 13.7. The van der Waals surface area contributed by atoms with E-state index in [4.69, 9.17) is 23.2 Å². The lowest BCUT2D eigenvalue weighted by molar-refractivity contribution is -0.278. The van der Waals surface area contributed by atoms with Crippen molar-refractivity contribution in [1.29, 1.82) is 0 Å². The molecule has 0 unspecified atom stereocenters. The largest absolute Gasteiger partial charge is 0.455 e. The highest BCUT2D eigenvalue weighted by Crippen LogP contribution is 2.41. The van der Waals surface area contributed by atoms with Gasteiger partial charge in [0.25, 0.3) is 5.91 Å². The lowest BCUT2D eigenvalue weighted by Crippen LogP contribution is -2.46. The molecule has 276 valence electrons. The molecule has 1 saturated carbocycles. The number of carbonyl (C=O) groups excluding carboxylic acids is 2. The van der Waals surface area contributed by atoms with Gasteiger partial charge in [0.05, 0.1) is 39.5 Å². The van der Waals surface area contributed by atoms with E-state index in [0.29, 0.717) is 12.0 Å². The second-order valence-electron chi connectivity index (χ2n) is 13.5. The van der Waals surface area contributed by atoms with Crippen LogP contribution in [0, 0.1) is 17.3 Å². The molecule has 0 bridgehead atoms. The molecule has 50 heavy (non-hydrogen) atoms. The Bertz CT molecular complexity index is 1730. The molecule has 2 aromatic heterocycles. The second kappa shape index (κ2) is 14.7. The molecule has 4 rings (SSSR count). The SMILES string of the molecule is Cn1c(Nc2c(Cl)ccc(CNC(=O)C(C)(C)C)c2Cl)nc2cc(C(=O)NCC(F)(F)C(F)(F)F)c(CCC3CCC(C(F)(F)F)CC3)nc21. The highest BCUT2D eigenvalue weighted by molar-refractivity contribution is 6.39. The summed E-state index contributed by atoms with van der Waals surface area (Å²) in [7, 11) is 1.56. The number of anilines is 2. The maximum Gasteiger partial charge on any atom is 0.455 e. The topological polar surface area (TPSA) is 101 Å². The predicted octanol–water partition coefficient (Wildman–Crippen LogP) is 8.91. The fraction of sp³-hybridized carbons (Fsp3) is 0.562. The minimum Gasteiger partial charge on any atom is -0.352 e. The molecule has 1 aliphatic rings. The van der Waals surface area contributed by atoms with E-state index >= 15 is 0 Å². The van der Waals surface area contributed by atoms with Crippen LogP contribution in [0.25, 0.3) is 11.2 Å². The fourth-order valence-electron chi connectivity index (χ4n) is 5.55. The van der Waals surface area contributed by atoms with Crippen LogP contribution in [-0.4, -0.2) is 51.2 Å². The Labute approximate surface area is 292 Å². The normalized spacial score (nSPS) is 17.6. The number of alkyl halides is 8. The molecule has 1 aliphatic carbocycles. The summed E-state index contributed by atoms with van der Waals surface area (Å²) in [6, 6.07) is 4.38. The summed E-state index contributed by atoms with van der Waals surface area (Å²) in [5, 5.41) is 7.79. The molecule has 2 heterocycles. The van der Waals surface area contributed by atoms with Crippen molar-refractivity contribution in [1.82, 2.24) is 25.2 Å². The van der Waals surface area contributed by atoms with Crippen molar-refractivity contribution in [3.8, 4) is 0 Å². The van der Waals surface area contributed by atoms with Gasteiger partial charge in [-0.3, -0.25) is 14.2 Å². The first kappa shape index (κ1) is 39.4. The van der Waals surface area contributed by atoms with E-state index in [-0.39, 0.29) is 94.6 Å². The van der Waals surface area contributed by atoms with Gasteiger partial charge in [0.1, 0.15) is 5.52 Å². The monoisotopic (exact) mass is 758 g/mol. The van der Waals surface area contributed by atoms with Gasteiger partial charge in [0, 0.05) is 19.0 Å². The first-order valence-electron chi connectivity index (χ1n) is 15.7. The lowest BCUT2D eigenvalue weighted by atomic mass is 9.79. The van der Waals surface area contributed by atoms with E-state index in [1.165, 1.54) is 10.6 Å². The molecule has 0 saturated heterocycles. The Morgan fingerprint density at radius 1 is 0.940 bits per heavy atom. The third-order valence-electron chi connectivity index (χ3n) is 8.68. The minimum atomic E-state index is -5.90. The molecule has 0 radical (unpaired) electrons. The number of hydrogen-bond donors (Lipinski definition) is 3. The Balaban J connectivity index is 1.64. The van der Waals surface area contributed by atoms with Crippen LogP contribution < -0.4 is 16.0 Å². The van der Waals surface area contributed by atoms with Crippen LogP contribution in [0.2, 0.25) is 10.0 Å². The van der Waals surface area contributed by atoms with Gasteiger partial charge in [-0.25, -0.2) is 9.97 Å². The van der Waals surface area contributed by atoms with Gasteiger partial charge in [0.2, 0.25) is 11.9 Å². The average molecular weight is 760 g/mol. The zero-order chi connectivity index (χ0) is 37.4. The molecule has 0 aliphatic heterocycles. The number of nitrogens with zero attached hydrogens (tertiary/aromatic N) is 3. The number of pyridine rings is 1. The van der Waals surface area contributed by atoms with Gasteiger partial charge in [-0.15, -0.1) is 0 Å². The zero-order valence-corrected chi connectivity index (χ0v) is 29.0. The van der Waals surface area contributed by atoms with E-state index in [1.807, 2.05) is 0 Å². The Kier molecular flexibility index (Phi) is 11.6. The highest BCUT2D eigenvalue weighted by atomic mass is 35.5. The van der Waals surface area contributed by atoms with Crippen LogP contribution in [0.5, 0.6) is 0 Å². The van der Waals surface area contributed by atoms with Crippen molar-refractivity contribution in [3.63, 3.8) is 0 Å². The molecule has 8 nitrogen and oxygen atoms in total. The molecule has 18 heteroatoms. The van der Waals surface area contributed by atoms with Gasteiger partial charge < -0.3 is 16.0 Å². The van der Waals surface area contributed by atoms with E-state index in [0.717, 1.165) is 0 Å². The second-order valence-corrected chi connectivity index (χ2v) is 14.2. The number of nitrogens with one attached hydrogen (secondary N) is 3. The molecule has 3 aromatic rings. The number of fused-ring (bicyclic) bond motifs is 1. The summed E-state index contributed by atoms with van der Waals surface area (Å²) in [5.41, 5.74) is 0.0903. The van der Waals surface area contributed by atoms with Crippen molar-refractivity contribution in [2.45, 2.75) is 84.1 Å². The van der Waals surface area contributed by atoms with Crippen LogP contribution >= 0.6 is 23.2 Å². The quantitative estimate of drug-likeness (QED) is 0.179. The average Bonchev–Trinajstić information content (AvgIpc) is 3.32. The standard InChI is InChI=1S/C32H36Cl2F8N6O2/c1-29(2,3)27(50)43-14-17-8-11-20(33)24(23(17)34)47-28-46-22-13-19(26(49)44-15-30(35,36)32(40,41)42)21(45-25(22)48(28)4)12-7-16-5-9-18(10-6-16)31(37,38)39/h8,11,13,16,18H,5-7,9-10,12,14-15H2,1-4H3,(H,43,50)(H,44,49)(H,46,47). The van der Waals surface area contributed by atoms with Gasteiger partial charge in [-0.05, 0) is 62.1 Å². The van der Waals surface area contributed by atoms with Crippen LogP contribution in [0.4, 0.5) is 46.8 Å². The summed E-state index contributed by atoms with van der Waals surface area (Å²) < 4.78 is 107. The van der Waals surface area contributed by atoms with E-state index in [2.05, 4.69) is 20.6 Å². The van der Waals surface area contributed by atoms with Crippen molar-refractivity contribution in [3.05, 3.63) is 45.1 Å². The van der Waals surface area contributed by atoms with Crippen LogP contribution in [0.3, 0.4) is 0 Å².